The van der Waals surface area contributed by atoms with Crippen LogP contribution in [0.2, 0.25) is 0 Å². The quantitative estimate of drug-likeness (QED) is 0.571. The Balaban J connectivity index is 2.63. The van der Waals surface area contributed by atoms with E-state index in [4.69, 9.17) is 12.2 Å². The number of thiocarbonyl (C=S) groups is 1. The molecule has 2 amide bonds. The first-order valence-corrected chi connectivity index (χ1v) is 3.62. The molecule has 1 rings (SSSR count). The second-order valence-corrected chi connectivity index (χ2v) is 3.07. The van der Waals surface area contributed by atoms with Gasteiger partial charge in [-0.3, -0.25) is 0 Å². The van der Waals surface area contributed by atoms with Gasteiger partial charge in [-0.25, -0.2) is 4.79 Å². The minimum absolute atomic E-state index is 0.0694. The van der Waals surface area contributed by atoms with E-state index in [0.717, 1.165) is 0 Å². The molecule has 0 bridgehead atoms. The summed E-state index contributed by atoms with van der Waals surface area (Å²) in [4.78, 5) is 13.3. The van der Waals surface area contributed by atoms with Gasteiger partial charge in [-0.1, -0.05) is 12.2 Å². The molecule has 0 unspecified atom stereocenters. The molecule has 0 aliphatic carbocycles. The van der Waals surface area contributed by atoms with Crippen LogP contribution in [0, 0.1) is 0 Å². The van der Waals surface area contributed by atoms with Crippen molar-refractivity contribution >= 4 is 23.2 Å². The Morgan fingerprint density at radius 1 is 1.70 bits per heavy atom. The summed E-state index contributed by atoms with van der Waals surface area (Å²) in [7, 11) is 0. The van der Waals surface area contributed by atoms with Gasteiger partial charge in [0.25, 0.3) is 0 Å². The summed E-state index contributed by atoms with van der Waals surface area (Å²) in [6.45, 7) is 4.51. The molecule has 0 spiro atoms. The summed E-state index contributed by atoms with van der Waals surface area (Å²) < 4.78 is 0. The maximum absolute atomic E-state index is 11.0. The van der Waals surface area contributed by atoms with Crippen LogP contribution in [0.15, 0.2) is 0 Å². The average molecular weight is 158 g/mol. The van der Waals surface area contributed by atoms with Gasteiger partial charge in [0.05, 0.1) is 6.54 Å². The van der Waals surface area contributed by atoms with Crippen molar-refractivity contribution in [2.45, 2.75) is 19.9 Å². The topological polar surface area (TPSA) is 32.3 Å². The van der Waals surface area contributed by atoms with Gasteiger partial charge in [0.1, 0.15) is 4.99 Å². The van der Waals surface area contributed by atoms with E-state index in [1.54, 1.807) is 4.90 Å². The van der Waals surface area contributed by atoms with Crippen molar-refractivity contribution in [2.24, 2.45) is 0 Å². The lowest BCUT2D eigenvalue weighted by molar-refractivity contribution is 0.206. The molecule has 0 saturated carbocycles. The average Bonchev–Trinajstić information content (AvgIpc) is 2.10. The van der Waals surface area contributed by atoms with Crippen LogP contribution in [-0.2, 0) is 0 Å². The predicted molar refractivity (Wildman–Crippen MR) is 43.0 cm³/mol. The van der Waals surface area contributed by atoms with Crippen LogP contribution in [0.5, 0.6) is 0 Å². The van der Waals surface area contributed by atoms with Gasteiger partial charge < -0.3 is 10.2 Å². The number of amides is 2. The fourth-order valence-corrected chi connectivity index (χ4v) is 1.10. The van der Waals surface area contributed by atoms with Gasteiger partial charge in [0, 0.05) is 6.04 Å². The molecule has 1 aliphatic heterocycles. The van der Waals surface area contributed by atoms with Gasteiger partial charge >= 0.3 is 6.03 Å². The zero-order chi connectivity index (χ0) is 7.72. The molecule has 1 heterocycles. The van der Waals surface area contributed by atoms with Crippen LogP contribution in [0.4, 0.5) is 4.79 Å². The Labute approximate surface area is 65.4 Å². The first kappa shape index (κ1) is 7.47. The number of carbonyl (C=O) groups is 1. The number of hydrogen-bond acceptors (Lipinski definition) is 2. The lowest BCUT2D eigenvalue weighted by Crippen LogP contribution is -2.33. The normalized spacial score (nSPS) is 18.5. The van der Waals surface area contributed by atoms with E-state index in [-0.39, 0.29) is 12.1 Å². The molecule has 56 valence electrons. The van der Waals surface area contributed by atoms with Crippen LogP contribution in [0.3, 0.4) is 0 Å². The lowest BCUT2D eigenvalue weighted by atomic mass is 10.3. The summed E-state index contributed by atoms with van der Waals surface area (Å²) in [5.41, 5.74) is 0. The Hall–Kier alpha value is -0.640. The molecule has 1 aliphatic rings. The monoisotopic (exact) mass is 158 g/mol. The zero-order valence-electron chi connectivity index (χ0n) is 6.05. The largest absolute Gasteiger partial charge is 0.322 e. The molecule has 0 aromatic heterocycles. The Morgan fingerprint density at radius 2 is 2.30 bits per heavy atom. The van der Waals surface area contributed by atoms with Gasteiger partial charge in [-0.15, -0.1) is 0 Å². The Kier molecular flexibility index (Phi) is 1.89. The highest BCUT2D eigenvalue weighted by molar-refractivity contribution is 7.80. The number of nitrogens with one attached hydrogen (secondary N) is 1. The SMILES string of the molecule is CC(C)N1CC(=S)NC1=O. The van der Waals surface area contributed by atoms with Crippen molar-refractivity contribution in [1.82, 2.24) is 10.2 Å². The van der Waals surface area contributed by atoms with Crippen molar-refractivity contribution in [2.75, 3.05) is 6.54 Å². The highest BCUT2D eigenvalue weighted by atomic mass is 32.1. The molecule has 1 saturated heterocycles. The molecule has 3 nitrogen and oxygen atoms in total. The maximum atomic E-state index is 11.0. The van der Waals surface area contributed by atoms with E-state index in [9.17, 15) is 4.79 Å². The molecule has 0 aromatic carbocycles. The Morgan fingerprint density at radius 3 is 2.50 bits per heavy atom. The van der Waals surface area contributed by atoms with E-state index >= 15 is 0 Å². The van der Waals surface area contributed by atoms with E-state index in [2.05, 4.69) is 5.32 Å². The first-order chi connectivity index (χ1) is 4.61. The number of nitrogens with zero attached hydrogens (tertiary/aromatic N) is 1. The summed E-state index contributed by atoms with van der Waals surface area (Å²) in [5.74, 6) is 0. The molecule has 1 fully saturated rings. The third-order valence-corrected chi connectivity index (χ3v) is 1.68. The van der Waals surface area contributed by atoms with Gasteiger partial charge in [0.15, 0.2) is 0 Å². The van der Waals surface area contributed by atoms with Crippen LogP contribution in [0.25, 0.3) is 0 Å². The van der Waals surface area contributed by atoms with Crippen molar-refractivity contribution < 1.29 is 4.79 Å². The van der Waals surface area contributed by atoms with Crippen LogP contribution in [-0.4, -0.2) is 28.5 Å². The third kappa shape index (κ3) is 1.26. The summed E-state index contributed by atoms with van der Waals surface area (Å²) in [5, 5.41) is 2.57. The minimum atomic E-state index is -0.0694. The van der Waals surface area contributed by atoms with E-state index < -0.39 is 0 Å². The molecule has 0 radical (unpaired) electrons. The third-order valence-electron chi connectivity index (χ3n) is 1.44. The second kappa shape index (κ2) is 2.54. The number of carbonyl (C=O) groups excluding carboxylic acids is 1. The van der Waals surface area contributed by atoms with Gasteiger partial charge in [-0.05, 0) is 13.8 Å². The van der Waals surface area contributed by atoms with Crippen molar-refractivity contribution in [1.29, 1.82) is 0 Å². The fourth-order valence-electron chi connectivity index (χ4n) is 0.874. The molecular formula is C6H10N2OS. The number of hydrogen-bond donors (Lipinski definition) is 1. The van der Waals surface area contributed by atoms with Crippen LogP contribution in [0.1, 0.15) is 13.8 Å². The Bertz CT molecular complexity index is 179. The summed E-state index contributed by atoms with van der Waals surface area (Å²) >= 11 is 4.82. The summed E-state index contributed by atoms with van der Waals surface area (Å²) in [6, 6.07) is 0.167. The van der Waals surface area contributed by atoms with Crippen molar-refractivity contribution in [3.05, 3.63) is 0 Å². The van der Waals surface area contributed by atoms with Gasteiger partial charge in [-0.2, -0.15) is 0 Å². The zero-order valence-corrected chi connectivity index (χ0v) is 6.86. The first-order valence-electron chi connectivity index (χ1n) is 3.21. The standard InChI is InChI=1S/C6H10N2OS/c1-4(2)8-3-5(10)7-6(8)9/h4H,3H2,1-2H3,(H,7,9,10). The highest BCUT2D eigenvalue weighted by Crippen LogP contribution is 2.04. The van der Waals surface area contributed by atoms with Crippen LogP contribution < -0.4 is 5.32 Å². The van der Waals surface area contributed by atoms with Crippen molar-refractivity contribution in [3.63, 3.8) is 0 Å². The molecule has 0 atom stereocenters. The van der Waals surface area contributed by atoms with Crippen molar-refractivity contribution in [3.8, 4) is 0 Å². The minimum Gasteiger partial charge on any atom is -0.315 e. The number of rotatable bonds is 1. The molecule has 4 heteroatoms. The lowest BCUT2D eigenvalue weighted by Gasteiger charge is -2.17. The molecule has 1 N–H and O–H groups in total. The maximum Gasteiger partial charge on any atom is 0.322 e. The fraction of sp³-hybridized carbons (Fsp3) is 0.667. The van der Waals surface area contributed by atoms with E-state index in [0.29, 0.717) is 11.5 Å². The summed E-state index contributed by atoms with van der Waals surface area (Å²) in [6.07, 6.45) is 0. The predicted octanol–water partition coefficient (Wildman–Crippen LogP) is 0.747. The molecular weight excluding hydrogens is 148 g/mol. The highest BCUT2D eigenvalue weighted by Gasteiger charge is 2.25. The second-order valence-electron chi connectivity index (χ2n) is 2.57. The van der Waals surface area contributed by atoms with E-state index in [1.165, 1.54) is 0 Å². The number of urea groups is 1. The van der Waals surface area contributed by atoms with Gasteiger partial charge in [0.2, 0.25) is 0 Å². The smallest absolute Gasteiger partial charge is 0.315 e. The molecule has 0 aromatic rings. The van der Waals surface area contributed by atoms with E-state index in [1.807, 2.05) is 13.8 Å². The molecule has 10 heavy (non-hydrogen) atoms. The van der Waals surface area contributed by atoms with Crippen LogP contribution >= 0.6 is 12.2 Å².